The number of aliphatic imine (C=N–C) groups is 1. The Balaban J connectivity index is 2.62. The van der Waals surface area contributed by atoms with Gasteiger partial charge in [0.2, 0.25) is 0 Å². The van der Waals surface area contributed by atoms with Crippen LogP contribution in [0.4, 0.5) is 0 Å². The number of nitrogens with zero attached hydrogens (tertiary/aromatic N) is 3. The Morgan fingerprint density at radius 3 is 2.76 bits per heavy atom. The van der Waals surface area contributed by atoms with Crippen LogP contribution in [0, 0.1) is 6.92 Å². The highest BCUT2D eigenvalue weighted by Crippen LogP contribution is 2.27. The number of hydrogen-bond donors (Lipinski definition) is 0. The molecular formula is C17H20IN3. The van der Waals surface area contributed by atoms with Crippen molar-refractivity contribution < 1.29 is 0 Å². The highest BCUT2D eigenvalue weighted by atomic mass is 127. The van der Waals surface area contributed by atoms with E-state index in [2.05, 4.69) is 84.3 Å². The summed E-state index contributed by atoms with van der Waals surface area (Å²) in [6, 6.07) is 6.57. The van der Waals surface area contributed by atoms with Crippen LogP contribution in [0.25, 0.3) is 16.5 Å². The van der Waals surface area contributed by atoms with E-state index >= 15 is 0 Å². The van der Waals surface area contributed by atoms with Gasteiger partial charge in [-0.3, -0.25) is 4.99 Å². The summed E-state index contributed by atoms with van der Waals surface area (Å²) in [6.07, 6.45) is 5.57. The van der Waals surface area contributed by atoms with Gasteiger partial charge in [0.15, 0.2) is 0 Å². The number of fused-ring (bicyclic) bond motifs is 1. The summed E-state index contributed by atoms with van der Waals surface area (Å²) in [4.78, 5) is 4.17. The fourth-order valence-corrected chi connectivity index (χ4v) is 2.89. The number of rotatable bonds is 4. The second-order valence-electron chi connectivity index (χ2n) is 5.09. The molecule has 0 amide bonds. The fraction of sp³-hybridized carbons (Fsp3) is 0.235. The van der Waals surface area contributed by atoms with E-state index in [-0.39, 0.29) is 0 Å². The molecule has 1 aromatic heterocycles. The van der Waals surface area contributed by atoms with Gasteiger partial charge in [-0.2, -0.15) is 0 Å². The van der Waals surface area contributed by atoms with Crippen molar-refractivity contribution in [1.29, 1.82) is 0 Å². The van der Waals surface area contributed by atoms with E-state index in [9.17, 15) is 0 Å². The Morgan fingerprint density at radius 2 is 2.14 bits per heavy atom. The van der Waals surface area contributed by atoms with Gasteiger partial charge in [0, 0.05) is 54.9 Å². The first kappa shape index (κ1) is 15.8. The molecule has 2 rings (SSSR count). The minimum absolute atomic E-state index is 1.16. The van der Waals surface area contributed by atoms with Crippen LogP contribution in [0.1, 0.15) is 23.7 Å². The molecule has 110 valence electrons. The summed E-state index contributed by atoms with van der Waals surface area (Å²) >= 11 is 2.26. The predicted octanol–water partition coefficient (Wildman–Crippen LogP) is 4.69. The number of halogens is 1. The second kappa shape index (κ2) is 6.47. The van der Waals surface area contributed by atoms with Crippen LogP contribution in [-0.4, -0.2) is 20.9 Å². The summed E-state index contributed by atoms with van der Waals surface area (Å²) < 4.78 is 4.25. The number of benzene rings is 1. The maximum atomic E-state index is 4.17. The molecule has 4 heteroatoms. The SMILES string of the molecule is C=CN=Cc1c(C)n(C)c2cc(/C(C)=C/N(C)I)ccc12. The third kappa shape index (κ3) is 3.20. The largest absolute Gasteiger partial charge is 0.347 e. The molecule has 0 radical (unpaired) electrons. The van der Waals surface area contributed by atoms with Gasteiger partial charge in [-0.15, -0.1) is 0 Å². The quantitative estimate of drug-likeness (QED) is 0.419. The fourth-order valence-electron chi connectivity index (χ4n) is 2.47. The lowest BCUT2D eigenvalue weighted by molar-refractivity contribution is 0.837. The molecule has 0 spiro atoms. The molecule has 0 saturated carbocycles. The summed E-state index contributed by atoms with van der Waals surface area (Å²) in [5.74, 6) is 0. The van der Waals surface area contributed by atoms with E-state index in [0.29, 0.717) is 0 Å². The zero-order valence-corrected chi connectivity index (χ0v) is 15.0. The van der Waals surface area contributed by atoms with E-state index in [0.717, 1.165) is 5.56 Å². The maximum Gasteiger partial charge on any atom is 0.0583 e. The van der Waals surface area contributed by atoms with Gasteiger partial charge in [-0.1, -0.05) is 18.7 Å². The van der Waals surface area contributed by atoms with Crippen LogP contribution >= 0.6 is 22.9 Å². The molecule has 3 nitrogen and oxygen atoms in total. The highest BCUT2D eigenvalue weighted by Gasteiger charge is 2.11. The van der Waals surface area contributed by atoms with Gasteiger partial charge in [-0.05, 0) is 31.1 Å². The second-order valence-corrected chi connectivity index (χ2v) is 6.61. The van der Waals surface area contributed by atoms with Crippen molar-refractivity contribution in [2.24, 2.45) is 12.0 Å². The molecule has 0 aliphatic carbocycles. The molecule has 0 N–H and O–H groups in total. The predicted molar refractivity (Wildman–Crippen MR) is 101 cm³/mol. The Kier molecular flexibility index (Phi) is 4.88. The molecule has 0 unspecified atom stereocenters. The Morgan fingerprint density at radius 1 is 1.43 bits per heavy atom. The van der Waals surface area contributed by atoms with E-state index in [1.165, 1.54) is 27.7 Å². The highest BCUT2D eigenvalue weighted by molar-refractivity contribution is 14.1. The summed E-state index contributed by atoms with van der Waals surface area (Å²) in [6.45, 7) is 7.89. The average molecular weight is 393 g/mol. The molecule has 0 aliphatic rings. The van der Waals surface area contributed by atoms with Crippen molar-refractivity contribution in [3.63, 3.8) is 0 Å². The first-order chi connectivity index (χ1) is 9.95. The van der Waals surface area contributed by atoms with E-state index < -0.39 is 0 Å². The van der Waals surface area contributed by atoms with Crippen molar-refractivity contribution in [3.05, 3.63) is 54.0 Å². The van der Waals surface area contributed by atoms with Crippen molar-refractivity contribution in [1.82, 2.24) is 7.68 Å². The zero-order chi connectivity index (χ0) is 15.6. The molecule has 21 heavy (non-hydrogen) atoms. The van der Waals surface area contributed by atoms with E-state index in [4.69, 9.17) is 0 Å². The Hall–Kier alpha value is -1.56. The van der Waals surface area contributed by atoms with Crippen LogP contribution in [-0.2, 0) is 7.05 Å². The van der Waals surface area contributed by atoms with Gasteiger partial charge in [-0.25, -0.2) is 0 Å². The minimum Gasteiger partial charge on any atom is -0.347 e. The number of hydrogen-bond acceptors (Lipinski definition) is 2. The molecule has 0 aliphatic heterocycles. The third-order valence-corrected chi connectivity index (χ3v) is 3.96. The van der Waals surface area contributed by atoms with Crippen LogP contribution < -0.4 is 0 Å². The maximum absolute atomic E-state index is 4.17. The normalized spacial score (nSPS) is 12.3. The van der Waals surface area contributed by atoms with Gasteiger partial charge in [0.1, 0.15) is 0 Å². The van der Waals surface area contributed by atoms with E-state index in [1.54, 1.807) is 6.20 Å². The summed E-state index contributed by atoms with van der Waals surface area (Å²) in [7, 11) is 4.12. The zero-order valence-electron chi connectivity index (χ0n) is 12.9. The Bertz CT molecular complexity index is 736. The standard InChI is InChI=1S/C17H20IN3/c1-6-19-10-16-13(3)21(5)17-9-14(7-8-15(16)17)12(2)11-20(4)18/h6-11H,1H2,2-5H3/b12-11+,19-10?. The monoisotopic (exact) mass is 393 g/mol. The molecule has 0 atom stereocenters. The third-order valence-electron chi connectivity index (χ3n) is 3.68. The van der Waals surface area contributed by atoms with Crippen LogP contribution in [0.5, 0.6) is 0 Å². The smallest absolute Gasteiger partial charge is 0.0583 e. The molecular weight excluding hydrogens is 373 g/mol. The molecule has 0 saturated heterocycles. The molecule has 0 fully saturated rings. The summed E-state index contributed by atoms with van der Waals surface area (Å²) in [5.41, 5.74) is 6.07. The lowest BCUT2D eigenvalue weighted by atomic mass is 10.0. The van der Waals surface area contributed by atoms with E-state index in [1.807, 2.05) is 16.4 Å². The number of aromatic nitrogens is 1. The van der Waals surface area contributed by atoms with Gasteiger partial charge in [0.25, 0.3) is 0 Å². The molecule has 1 aromatic carbocycles. The lowest BCUT2D eigenvalue weighted by Gasteiger charge is -2.07. The summed E-state index contributed by atoms with van der Waals surface area (Å²) in [5, 5.41) is 1.22. The molecule has 2 aromatic rings. The molecule has 0 bridgehead atoms. The van der Waals surface area contributed by atoms with Gasteiger partial charge < -0.3 is 7.68 Å². The minimum atomic E-state index is 1.16. The van der Waals surface area contributed by atoms with Crippen LogP contribution in [0.3, 0.4) is 0 Å². The number of allylic oxidation sites excluding steroid dienone is 1. The van der Waals surface area contributed by atoms with Crippen molar-refractivity contribution in [2.75, 3.05) is 7.05 Å². The van der Waals surface area contributed by atoms with Crippen LogP contribution in [0.15, 0.2) is 42.2 Å². The van der Waals surface area contributed by atoms with Crippen molar-refractivity contribution >= 4 is 45.6 Å². The average Bonchev–Trinajstić information content (AvgIpc) is 2.68. The topological polar surface area (TPSA) is 20.5 Å². The Labute approximate surface area is 140 Å². The lowest BCUT2D eigenvalue weighted by Crippen LogP contribution is -1.94. The molecule has 1 heterocycles. The first-order valence-electron chi connectivity index (χ1n) is 6.76. The van der Waals surface area contributed by atoms with Crippen molar-refractivity contribution in [3.8, 4) is 0 Å². The van der Waals surface area contributed by atoms with Crippen LogP contribution in [0.2, 0.25) is 0 Å². The first-order valence-corrected chi connectivity index (χ1v) is 7.72. The number of aryl methyl sites for hydroxylation is 1. The van der Waals surface area contributed by atoms with Gasteiger partial charge in [0.05, 0.1) is 22.9 Å². The van der Waals surface area contributed by atoms with Gasteiger partial charge >= 0.3 is 0 Å². The van der Waals surface area contributed by atoms with Crippen molar-refractivity contribution in [2.45, 2.75) is 13.8 Å².